The third-order valence-electron chi connectivity index (χ3n) is 2.80. The molecule has 0 aliphatic rings. The van der Waals surface area contributed by atoms with Gasteiger partial charge in [0.1, 0.15) is 16.2 Å². The average Bonchev–Trinajstić information content (AvgIpc) is 2.41. The maximum Gasteiger partial charge on any atom is 0.312 e. The number of nitrogens with zero attached hydrogens (tertiary/aromatic N) is 1. The van der Waals surface area contributed by atoms with E-state index in [9.17, 15) is 19.1 Å². The first-order valence-corrected chi connectivity index (χ1v) is 6.48. The first-order valence-electron chi connectivity index (χ1n) is 5.69. The molecule has 0 amide bonds. The summed E-state index contributed by atoms with van der Waals surface area (Å²) >= 11 is 3.04. The number of halogens is 2. The summed E-state index contributed by atoms with van der Waals surface area (Å²) in [5, 5.41) is 9.31. The van der Waals surface area contributed by atoms with Gasteiger partial charge in [0.15, 0.2) is 0 Å². The topological polar surface area (TPSA) is 83.0 Å². The van der Waals surface area contributed by atoms with Crippen molar-refractivity contribution in [2.45, 2.75) is 12.3 Å². The van der Waals surface area contributed by atoms with Crippen molar-refractivity contribution in [2.24, 2.45) is 0 Å². The van der Waals surface area contributed by atoms with E-state index in [2.05, 4.69) is 25.9 Å². The van der Waals surface area contributed by atoms with Crippen molar-refractivity contribution < 1.29 is 14.3 Å². The number of hydrogen-bond donors (Lipinski definition) is 2. The standard InChI is InChI=1S/C13H10BrFN2O3/c14-10-11(16-6-17-12(10)18)9(13(19)20)5-7-1-3-8(15)4-2-7/h1-4,6,9H,5H2,(H,19,20)(H,16,17,18). The van der Waals surface area contributed by atoms with Gasteiger partial charge < -0.3 is 10.1 Å². The molecule has 0 aliphatic carbocycles. The molecule has 20 heavy (non-hydrogen) atoms. The molecule has 2 N–H and O–H groups in total. The fourth-order valence-corrected chi connectivity index (χ4v) is 2.29. The summed E-state index contributed by atoms with van der Waals surface area (Å²) in [4.78, 5) is 29.1. The number of aliphatic carboxylic acids is 1. The van der Waals surface area contributed by atoms with Crippen LogP contribution in [0.4, 0.5) is 4.39 Å². The highest BCUT2D eigenvalue weighted by molar-refractivity contribution is 9.10. The number of H-pyrrole nitrogens is 1. The third kappa shape index (κ3) is 3.11. The summed E-state index contributed by atoms with van der Waals surface area (Å²) in [5.74, 6) is -2.48. The van der Waals surface area contributed by atoms with E-state index < -0.39 is 23.3 Å². The van der Waals surface area contributed by atoms with E-state index in [1.807, 2.05) is 0 Å². The predicted molar refractivity (Wildman–Crippen MR) is 73.0 cm³/mol. The van der Waals surface area contributed by atoms with Crippen LogP contribution in [0.15, 0.2) is 39.9 Å². The lowest BCUT2D eigenvalue weighted by Crippen LogP contribution is -2.20. The molecule has 104 valence electrons. The SMILES string of the molecule is O=C(O)C(Cc1ccc(F)cc1)c1nc[nH]c(=O)c1Br. The molecule has 0 spiro atoms. The summed E-state index contributed by atoms with van der Waals surface area (Å²) in [6, 6.07) is 5.53. The molecule has 1 heterocycles. The lowest BCUT2D eigenvalue weighted by Gasteiger charge is -2.12. The Morgan fingerprint density at radius 2 is 2.05 bits per heavy atom. The predicted octanol–water partition coefficient (Wildman–Crippen LogP) is 2.08. The Morgan fingerprint density at radius 1 is 1.40 bits per heavy atom. The maximum absolute atomic E-state index is 12.8. The molecule has 0 aliphatic heterocycles. The van der Waals surface area contributed by atoms with Gasteiger partial charge in [0.2, 0.25) is 0 Å². The highest BCUT2D eigenvalue weighted by Crippen LogP contribution is 2.24. The Bertz CT molecular complexity index is 685. The normalized spacial score (nSPS) is 12.1. The largest absolute Gasteiger partial charge is 0.481 e. The number of carboxylic acid groups (broad SMARTS) is 1. The highest BCUT2D eigenvalue weighted by Gasteiger charge is 2.25. The van der Waals surface area contributed by atoms with Crippen molar-refractivity contribution in [3.05, 3.63) is 62.5 Å². The van der Waals surface area contributed by atoms with Gasteiger partial charge in [-0.25, -0.2) is 9.37 Å². The van der Waals surface area contributed by atoms with Gasteiger partial charge in [0.05, 0.1) is 12.0 Å². The summed E-state index contributed by atoms with van der Waals surface area (Å²) < 4.78 is 12.9. The first-order chi connectivity index (χ1) is 9.49. The van der Waals surface area contributed by atoms with E-state index in [1.54, 1.807) is 0 Å². The monoisotopic (exact) mass is 340 g/mol. The van der Waals surface area contributed by atoms with E-state index in [0.717, 1.165) is 6.33 Å². The highest BCUT2D eigenvalue weighted by atomic mass is 79.9. The molecule has 0 bridgehead atoms. The van der Waals surface area contributed by atoms with Crippen LogP contribution in [0, 0.1) is 5.82 Å². The van der Waals surface area contributed by atoms with Crippen molar-refractivity contribution >= 4 is 21.9 Å². The summed E-state index contributed by atoms with van der Waals surface area (Å²) in [7, 11) is 0. The van der Waals surface area contributed by atoms with Crippen LogP contribution in [0.25, 0.3) is 0 Å². The molecule has 0 saturated heterocycles. The molecular weight excluding hydrogens is 331 g/mol. The average molecular weight is 341 g/mol. The van der Waals surface area contributed by atoms with E-state index in [0.29, 0.717) is 5.56 Å². The van der Waals surface area contributed by atoms with Gasteiger partial charge in [-0.3, -0.25) is 9.59 Å². The van der Waals surface area contributed by atoms with Crippen molar-refractivity contribution in [2.75, 3.05) is 0 Å². The zero-order valence-electron chi connectivity index (χ0n) is 10.1. The zero-order valence-corrected chi connectivity index (χ0v) is 11.7. The number of carbonyl (C=O) groups is 1. The molecule has 0 fully saturated rings. The van der Waals surface area contributed by atoms with E-state index in [4.69, 9.17) is 0 Å². The van der Waals surface area contributed by atoms with Gasteiger partial charge in [0, 0.05) is 0 Å². The number of benzene rings is 1. The van der Waals surface area contributed by atoms with Crippen LogP contribution < -0.4 is 5.56 Å². The van der Waals surface area contributed by atoms with E-state index >= 15 is 0 Å². The lowest BCUT2D eigenvalue weighted by atomic mass is 9.96. The zero-order chi connectivity index (χ0) is 14.7. The van der Waals surface area contributed by atoms with Crippen molar-refractivity contribution in [1.29, 1.82) is 0 Å². The van der Waals surface area contributed by atoms with Gasteiger partial charge in [0.25, 0.3) is 5.56 Å². The fraction of sp³-hybridized carbons (Fsp3) is 0.154. The molecule has 2 rings (SSSR count). The Balaban J connectivity index is 2.37. The van der Waals surface area contributed by atoms with Gasteiger partial charge in [-0.15, -0.1) is 0 Å². The summed E-state index contributed by atoms with van der Waals surface area (Å²) in [5.41, 5.74) is 0.346. The number of aromatic nitrogens is 2. The smallest absolute Gasteiger partial charge is 0.312 e. The molecular formula is C13H10BrFN2O3. The number of rotatable bonds is 4. The van der Waals surface area contributed by atoms with Gasteiger partial charge in [-0.1, -0.05) is 12.1 Å². The van der Waals surface area contributed by atoms with Gasteiger partial charge >= 0.3 is 5.97 Å². The number of hydrogen-bond acceptors (Lipinski definition) is 3. The second-order valence-electron chi connectivity index (χ2n) is 4.15. The van der Waals surface area contributed by atoms with Crippen LogP contribution in [-0.2, 0) is 11.2 Å². The van der Waals surface area contributed by atoms with Gasteiger partial charge in [-0.05, 0) is 40.0 Å². The molecule has 0 saturated carbocycles. The van der Waals surface area contributed by atoms with Crippen LogP contribution >= 0.6 is 15.9 Å². The van der Waals surface area contributed by atoms with Crippen LogP contribution in [0.5, 0.6) is 0 Å². The second-order valence-corrected chi connectivity index (χ2v) is 4.95. The van der Waals surface area contributed by atoms with E-state index in [1.165, 1.54) is 24.3 Å². The van der Waals surface area contributed by atoms with Crippen LogP contribution in [0.3, 0.4) is 0 Å². The first kappa shape index (κ1) is 14.4. The number of carboxylic acids is 1. The van der Waals surface area contributed by atoms with E-state index in [-0.39, 0.29) is 16.6 Å². The molecule has 1 unspecified atom stereocenters. The maximum atomic E-state index is 12.8. The van der Waals surface area contributed by atoms with Crippen LogP contribution in [0.2, 0.25) is 0 Å². The van der Waals surface area contributed by atoms with Crippen molar-refractivity contribution in [3.8, 4) is 0 Å². The minimum Gasteiger partial charge on any atom is -0.481 e. The summed E-state index contributed by atoms with van der Waals surface area (Å²) in [6.07, 6.45) is 1.27. The Kier molecular flexibility index (Phi) is 4.29. The molecule has 1 aromatic heterocycles. The van der Waals surface area contributed by atoms with Gasteiger partial charge in [-0.2, -0.15) is 0 Å². The molecule has 2 aromatic rings. The van der Waals surface area contributed by atoms with Crippen LogP contribution in [-0.4, -0.2) is 21.0 Å². The minimum absolute atomic E-state index is 0.0921. The Hall–Kier alpha value is -2.02. The molecule has 7 heteroatoms. The van der Waals surface area contributed by atoms with Crippen molar-refractivity contribution in [3.63, 3.8) is 0 Å². The van der Waals surface area contributed by atoms with Crippen molar-refractivity contribution in [1.82, 2.24) is 9.97 Å². The summed E-state index contributed by atoms with van der Waals surface area (Å²) in [6.45, 7) is 0. The van der Waals surface area contributed by atoms with Crippen LogP contribution in [0.1, 0.15) is 17.2 Å². The number of aromatic amines is 1. The molecule has 0 radical (unpaired) electrons. The third-order valence-corrected chi connectivity index (χ3v) is 3.57. The quantitative estimate of drug-likeness (QED) is 0.892. The lowest BCUT2D eigenvalue weighted by molar-refractivity contribution is -0.138. The second kappa shape index (κ2) is 5.96. The Morgan fingerprint density at radius 3 is 2.65 bits per heavy atom. The molecule has 1 aromatic carbocycles. The fourth-order valence-electron chi connectivity index (χ4n) is 1.80. The minimum atomic E-state index is -1.10. The Labute approximate surface area is 121 Å². The number of nitrogens with one attached hydrogen (secondary N) is 1. The molecule has 1 atom stereocenters. The molecule has 5 nitrogen and oxygen atoms in total.